The van der Waals surface area contributed by atoms with Crippen molar-refractivity contribution < 1.29 is 47.5 Å². The van der Waals surface area contributed by atoms with Crippen LogP contribution in [0.2, 0.25) is 0 Å². The Morgan fingerprint density at radius 2 is 0.444 bits per heavy atom. The molecule has 0 amide bonds. The van der Waals surface area contributed by atoms with E-state index in [-0.39, 0.29) is 27.2 Å². The Morgan fingerprint density at radius 3 is 0.444 bits per heavy atom. The standard InChI is InChI=1S/4NO3.H2O.Ti/c4*2-1(3)4;;/h;;;;1H2;/q4*-1;;+4. The molecule has 0 aliphatic carbocycles. The Hall–Kier alpha value is -2.53. The van der Waals surface area contributed by atoms with Crippen molar-refractivity contribution in [2.45, 2.75) is 0 Å². The fraction of sp³-hybridized carbons (Fsp3) is 0. The molecule has 0 saturated heterocycles. The van der Waals surface area contributed by atoms with Gasteiger partial charge in [0, 0.05) is 0 Å². The van der Waals surface area contributed by atoms with Gasteiger partial charge in [0.25, 0.3) is 0 Å². The van der Waals surface area contributed by atoms with Gasteiger partial charge in [0.2, 0.25) is 0 Å². The average molecular weight is 314 g/mol. The quantitative estimate of drug-likeness (QED) is 0.272. The summed E-state index contributed by atoms with van der Waals surface area (Å²) in [5.41, 5.74) is 0. The molecule has 0 fully saturated rings. The van der Waals surface area contributed by atoms with Crippen molar-refractivity contribution >= 4 is 0 Å². The van der Waals surface area contributed by atoms with Crippen molar-refractivity contribution in [1.29, 1.82) is 0 Å². The van der Waals surface area contributed by atoms with Crippen LogP contribution in [-0.4, -0.2) is 25.8 Å². The minimum absolute atomic E-state index is 0. The van der Waals surface area contributed by atoms with Gasteiger partial charge in [-0.15, -0.1) is 0 Å². The molecule has 0 aromatic rings. The first-order chi connectivity index (χ1) is 6.93. The summed E-state index contributed by atoms with van der Waals surface area (Å²) in [6.07, 6.45) is 0. The Kier molecular flexibility index (Phi) is 58.7. The van der Waals surface area contributed by atoms with E-state index < -0.39 is 20.3 Å². The van der Waals surface area contributed by atoms with Gasteiger partial charge >= 0.3 is 21.7 Å². The Bertz CT molecular complexity index is 159. The van der Waals surface area contributed by atoms with E-state index >= 15 is 0 Å². The van der Waals surface area contributed by atoms with Crippen molar-refractivity contribution in [1.82, 2.24) is 0 Å². The summed E-state index contributed by atoms with van der Waals surface area (Å²) in [5, 5.41) is 59.0. The summed E-state index contributed by atoms with van der Waals surface area (Å²) >= 11 is 0. The van der Waals surface area contributed by atoms with Crippen molar-refractivity contribution in [3.05, 3.63) is 61.3 Å². The molecule has 0 bridgehead atoms. The van der Waals surface area contributed by atoms with E-state index in [0.29, 0.717) is 0 Å². The van der Waals surface area contributed by atoms with Crippen LogP contribution >= 0.6 is 0 Å². The molecule has 0 rings (SSSR count). The molecule has 0 atom stereocenters. The summed E-state index contributed by atoms with van der Waals surface area (Å²) < 4.78 is 0. The number of hydrogen-bond donors (Lipinski definition) is 0. The molecule has 0 aliphatic rings. The molecular formula is H2N4O13Ti. The monoisotopic (exact) mass is 314 g/mol. The van der Waals surface area contributed by atoms with E-state index in [1.54, 1.807) is 0 Å². The second-order valence-corrected chi connectivity index (χ2v) is 0.894. The van der Waals surface area contributed by atoms with Crippen LogP contribution < -0.4 is 0 Å². The van der Waals surface area contributed by atoms with Gasteiger partial charge < -0.3 is 66.8 Å². The molecule has 0 aliphatic heterocycles. The van der Waals surface area contributed by atoms with Gasteiger partial charge in [-0.2, -0.15) is 0 Å². The van der Waals surface area contributed by atoms with Crippen LogP contribution in [-0.2, 0) is 21.7 Å². The molecule has 18 heavy (non-hydrogen) atoms. The zero-order valence-electron chi connectivity index (χ0n) is 7.69. The fourth-order valence-corrected chi connectivity index (χ4v) is 0. The normalized spacial score (nSPS) is 5.33. The minimum Gasteiger partial charge on any atom is -0.412 e. The molecule has 0 heterocycles. The Morgan fingerprint density at radius 1 is 0.444 bits per heavy atom. The maximum absolute atomic E-state index is 8.25. The maximum atomic E-state index is 8.25. The second kappa shape index (κ2) is 29.3. The largest absolute Gasteiger partial charge is 4.00 e. The van der Waals surface area contributed by atoms with Crippen molar-refractivity contribution in [2.24, 2.45) is 0 Å². The van der Waals surface area contributed by atoms with Gasteiger partial charge in [-0.1, -0.05) is 0 Å². The van der Waals surface area contributed by atoms with Gasteiger partial charge in [0.15, 0.2) is 0 Å². The number of rotatable bonds is 0. The Balaban J connectivity index is -0.0000000257. The fourth-order valence-electron chi connectivity index (χ4n) is 0. The molecule has 2 N–H and O–H groups in total. The summed E-state index contributed by atoms with van der Waals surface area (Å²) in [6.45, 7) is 0. The third-order valence-corrected chi connectivity index (χ3v) is 0. The number of nitrogens with zero attached hydrogens (tertiary/aromatic N) is 4. The summed E-state index contributed by atoms with van der Waals surface area (Å²) in [7, 11) is 0. The molecule has 0 saturated carbocycles. The van der Waals surface area contributed by atoms with Crippen LogP contribution in [0.5, 0.6) is 0 Å². The molecule has 0 spiro atoms. The third kappa shape index (κ3) is 329. The number of hydrogen-bond acceptors (Lipinski definition) is 12. The van der Waals surface area contributed by atoms with E-state index in [1.807, 2.05) is 0 Å². The first-order valence-corrected chi connectivity index (χ1v) is 2.19. The topological polar surface area (TPSA) is 296 Å². The van der Waals surface area contributed by atoms with Gasteiger partial charge in [0.05, 0.1) is 20.3 Å². The molecule has 0 aromatic heterocycles. The first kappa shape index (κ1) is 36.1. The predicted octanol–water partition coefficient (Wildman–Crippen LogP) is -1.78. The Labute approximate surface area is 109 Å². The van der Waals surface area contributed by atoms with Gasteiger partial charge in [-0.05, 0) is 0 Å². The molecule has 0 aromatic carbocycles. The van der Waals surface area contributed by atoms with Crippen molar-refractivity contribution in [3.8, 4) is 0 Å². The minimum atomic E-state index is -1.75. The van der Waals surface area contributed by atoms with Crippen LogP contribution in [0.4, 0.5) is 0 Å². The van der Waals surface area contributed by atoms with Crippen LogP contribution in [0.1, 0.15) is 0 Å². The molecule has 104 valence electrons. The average Bonchev–Trinajstić information content (AvgIpc) is 1.76. The van der Waals surface area contributed by atoms with E-state index in [4.69, 9.17) is 61.3 Å². The maximum Gasteiger partial charge on any atom is 4.00 e. The van der Waals surface area contributed by atoms with Gasteiger partial charge in [-0.25, -0.2) is 0 Å². The van der Waals surface area contributed by atoms with Crippen molar-refractivity contribution in [3.63, 3.8) is 0 Å². The van der Waals surface area contributed by atoms with Crippen molar-refractivity contribution in [2.75, 3.05) is 0 Å². The second-order valence-electron chi connectivity index (χ2n) is 0.894. The zero-order chi connectivity index (χ0) is 14.3. The van der Waals surface area contributed by atoms with Gasteiger partial charge in [0.1, 0.15) is 0 Å². The smallest absolute Gasteiger partial charge is 0.412 e. The van der Waals surface area contributed by atoms with Crippen LogP contribution in [0.3, 0.4) is 0 Å². The zero-order valence-corrected chi connectivity index (χ0v) is 9.25. The van der Waals surface area contributed by atoms with E-state index in [2.05, 4.69) is 0 Å². The van der Waals surface area contributed by atoms with Crippen LogP contribution in [0.25, 0.3) is 0 Å². The first-order valence-electron chi connectivity index (χ1n) is 2.19. The van der Waals surface area contributed by atoms with E-state index in [0.717, 1.165) is 0 Å². The molecule has 0 radical (unpaired) electrons. The molecule has 0 unspecified atom stereocenters. The van der Waals surface area contributed by atoms with Crippen LogP contribution in [0.15, 0.2) is 0 Å². The summed E-state index contributed by atoms with van der Waals surface area (Å²) in [6, 6.07) is 0. The summed E-state index contributed by atoms with van der Waals surface area (Å²) in [5.74, 6) is 0. The van der Waals surface area contributed by atoms with E-state index in [9.17, 15) is 0 Å². The summed E-state index contributed by atoms with van der Waals surface area (Å²) in [4.78, 5) is 33.0. The molecular weight excluding hydrogens is 312 g/mol. The van der Waals surface area contributed by atoms with Gasteiger partial charge in [-0.3, -0.25) is 0 Å². The van der Waals surface area contributed by atoms with Crippen LogP contribution in [0, 0.1) is 61.3 Å². The van der Waals surface area contributed by atoms with E-state index in [1.165, 1.54) is 0 Å². The third-order valence-electron chi connectivity index (χ3n) is 0. The SMILES string of the molecule is O.O=[N+]([O-])[O-].O=[N+]([O-])[O-].O=[N+]([O-])[O-].O=[N+]([O-])[O-].[Ti+4]. The molecule has 18 heteroatoms. The molecule has 17 nitrogen and oxygen atoms in total. The predicted molar refractivity (Wildman–Crippen MR) is 45.1 cm³/mol.